The van der Waals surface area contributed by atoms with E-state index in [-0.39, 0.29) is 12.7 Å². The normalized spacial score (nSPS) is 16.4. The van der Waals surface area contributed by atoms with Gasteiger partial charge in [-0.2, -0.15) is 0 Å². The summed E-state index contributed by atoms with van der Waals surface area (Å²) >= 11 is 0. The van der Waals surface area contributed by atoms with Crippen LogP contribution in [0.4, 0.5) is 0 Å². The molecule has 2 heteroatoms. The van der Waals surface area contributed by atoms with E-state index in [0.29, 0.717) is 12.3 Å². The summed E-state index contributed by atoms with van der Waals surface area (Å²) < 4.78 is 0. The van der Waals surface area contributed by atoms with Gasteiger partial charge in [-0.25, -0.2) is 0 Å². The summed E-state index contributed by atoms with van der Waals surface area (Å²) in [6, 6.07) is 0. The molecular formula is C9H20O2. The summed E-state index contributed by atoms with van der Waals surface area (Å²) in [5, 5.41) is 17.9. The summed E-state index contributed by atoms with van der Waals surface area (Å²) in [6.45, 7) is 4.28. The van der Waals surface area contributed by atoms with Crippen LogP contribution < -0.4 is 0 Å². The maximum Gasteiger partial charge on any atom is 0.0587 e. The standard InChI is InChI=1S/C9H20O2/c1-3-4-5-8(2)9(11)6-7-10/h8-11H,3-7H2,1-2H3. The summed E-state index contributed by atoms with van der Waals surface area (Å²) in [6.07, 6.45) is 3.62. The highest BCUT2D eigenvalue weighted by molar-refractivity contribution is 4.63. The SMILES string of the molecule is CCCCC(C)C(O)CCO. The Hall–Kier alpha value is -0.0800. The highest BCUT2D eigenvalue weighted by Gasteiger charge is 2.11. The van der Waals surface area contributed by atoms with Gasteiger partial charge in [-0.05, 0) is 18.8 Å². The van der Waals surface area contributed by atoms with Gasteiger partial charge in [-0.15, -0.1) is 0 Å². The minimum absolute atomic E-state index is 0.0949. The second-order valence-electron chi connectivity index (χ2n) is 3.20. The van der Waals surface area contributed by atoms with Crippen LogP contribution in [0.2, 0.25) is 0 Å². The Balaban J connectivity index is 3.38. The van der Waals surface area contributed by atoms with E-state index in [1.165, 1.54) is 12.8 Å². The molecule has 0 fully saturated rings. The lowest BCUT2D eigenvalue weighted by Gasteiger charge is -2.16. The molecule has 2 N–H and O–H groups in total. The largest absolute Gasteiger partial charge is 0.396 e. The predicted octanol–water partition coefficient (Wildman–Crippen LogP) is 1.56. The van der Waals surface area contributed by atoms with Crippen LogP contribution in [0.15, 0.2) is 0 Å². The van der Waals surface area contributed by atoms with Crippen molar-refractivity contribution in [2.24, 2.45) is 5.92 Å². The minimum Gasteiger partial charge on any atom is -0.396 e. The van der Waals surface area contributed by atoms with Gasteiger partial charge in [0.2, 0.25) is 0 Å². The van der Waals surface area contributed by atoms with Gasteiger partial charge >= 0.3 is 0 Å². The molecule has 0 rings (SSSR count). The van der Waals surface area contributed by atoms with Crippen LogP contribution in [-0.2, 0) is 0 Å². The molecule has 0 aliphatic heterocycles. The van der Waals surface area contributed by atoms with Gasteiger partial charge in [-0.1, -0.05) is 26.7 Å². The Morgan fingerprint density at radius 2 is 1.91 bits per heavy atom. The highest BCUT2D eigenvalue weighted by atomic mass is 16.3. The fraction of sp³-hybridized carbons (Fsp3) is 1.00. The second kappa shape index (κ2) is 6.62. The predicted molar refractivity (Wildman–Crippen MR) is 46.4 cm³/mol. The molecule has 0 saturated heterocycles. The molecule has 2 unspecified atom stereocenters. The number of hydrogen-bond donors (Lipinski definition) is 2. The van der Waals surface area contributed by atoms with E-state index in [1.54, 1.807) is 0 Å². The first-order valence-corrected chi connectivity index (χ1v) is 4.51. The molecule has 0 radical (unpaired) electrons. The molecule has 0 aliphatic rings. The van der Waals surface area contributed by atoms with Crippen LogP contribution in [0.5, 0.6) is 0 Å². The van der Waals surface area contributed by atoms with Crippen LogP contribution in [-0.4, -0.2) is 22.9 Å². The third-order valence-corrected chi connectivity index (χ3v) is 2.09. The van der Waals surface area contributed by atoms with Gasteiger partial charge in [0.15, 0.2) is 0 Å². The molecule has 0 saturated carbocycles. The lowest BCUT2D eigenvalue weighted by atomic mass is 9.96. The van der Waals surface area contributed by atoms with Crippen molar-refractivity contribution < 1.29 is 10.2 Å². The molecule has 0 spiro atoms. The van der Waals surface area contributed by atoms with Crippen molar-refractivity contribution in [1.82, 2.24) is 0 Å². The van der Waals surface area contributed by atoms with Crippen molar-refractivity contribution in [2.45, 2.75) is 45.6 Å². The van der Waals surface area contributed by atoms with Gasteiger partial charge in [0.1, 0.15) is 0 Å². The Morgan fingerprint density at radius 3 is 2.36 bits per heavy atom. The zero-order valence-corrected chi connectivity index (χ0v) is 7.58. The monoisotopic (exact) mass is 160 g/mol. The van der Waals surface area contributed by atoms with E-state index in [2.05, 4.69) is 6.92 Å². The molecule has 0 bridgehead atoms. The molecule has 0 aromatic rings. The molecule has 2 nitrogen and oxygen atoms in total. The molecule has 0 heterocycles. The van der Waals surface area contributed by atoms with E-state index in [9.17, 15) is 5.11 Å². The Labute approximate surface area is 69.2 Å². The van der Waals surface area contributed by atoms with Gasteiger partial charge in [0.25, 0.3) is 0 Å². The molecular weight excluding hydrogens is 140 g/mol. The van der Waals surface area contributed by atoms with Crippen molar-refractivity contribution in [3.8, 4) is 0 Å². The van der Waals surface area contributed by atoms with Gasteiger partial charge < -0.3 is 10.2 Å². The summed E-state index contributed by atoms with van der Waals surface area (Å²) in [4.78, 5) is 0. The number of aliphatic hydroxyl groups excluding tert-OH is 2. The zero-order valence-electron chi connectivity index (χ0n) is 7.58. The van der Waals surface area contributed by atoms with E-state index >= 15 is 0 Å². The molecule has 0 aromatic carbocycles. The molecule has 2 atom stereocenters. The van der Waals surface area contributed by atoms with E-state index in [1.807, 2.05) is 6.92 Å². The molecule has 11 heavy (non-hydrogen) atoms. The van der Waals surface area contributed by atoms with E-state index in [4.69, 9.17) is 5.11 Å². The maximum absolute atomic E-state index is 9.38. The average molecular weight is 160 g/mol. The van der Waals surface area contributed by atoms with Crippen molar-refractivity contribution >= 4 is 0 Å². The van der Waals surface area contributed by atoms with Crippen LogP contribution in [0.3, 0.4) is 0 Å². The fourth-order valence-corrected chi connectivity index (χ4v) is 1.14. The summed E-state index contributed by atoms with van der Waals surface area (Å²) in [5.74, 6) is 0.335. The van der Waals surface area contributed by atoms with Crippen LogP contribution in [0.25, 0.3) is 0 Å². The van der Waals surface area contributed by atoms with Crippen LogP contribution >= 0.6 is 0 Å². The lowest BCUT2D eigenvalue weighted by Crippen LogP contribution is -2.18. The average Bonchev–Trinajstić information content (AvgIpc) is 2.00. The Kier molecular flexibility index (Phi) is 6.57. The third-order valence-electron chi connectivity index (χ3n) is 2.09. The zero-order chi connectivity index (χ0) is 8.69. The molecule has 68 valence electrons. The molecule has 0 aromatic heterocycles. The van der Waals surface area contributed by atoms with Crippen molar-refractivity contribution in [2.75, 3.05) is 6.61 Å². The fourth-order valence-electron chi connectivity index (χ4n) is 1.14. The van der Waals surface area contributed by atoms with Crippen LogP contribution in [0, 0.1) is 5.92 Å². The Bertz CT molecular complexity index is 83.6. The smallest absolute Gasteiger partial charge is 0.0587 e. The van der Waals surface area contributed by atoms with Gasteiger partial charge in [0.05, 0.1) is 6.10 Å². The first kappa shape index (κ1) is 10.9. The highest BCUT2D eigenvalue weighted by Crippen LogP contribution is 2.14. The van der Waals surface area contributed by atoms with Crippen LogP contribution in [0.1, 0.15) is 39.5 Å². The maximum atomic E-state index is 9.38. The first-order valence-electron chi connectivity index (χ1n) is 4.51. The van der Waals surface area contributed by atoms with Crippen molar-refractivity contribution in [3.63, 3.8) is 0 Å². The number of hydrogen-bond acceptors (Lipinski definition) is 2. The van der Waals surface area contributed by atoms with Gasteiger partial charge in [-0.3, -0.25) is 0 Å². The minimum atomic E-state index is -0.313. The molecule has 0 amide bonds. The second-order valence-corrected chi connectivity index (χ2v) is 3.20. The van der Waals surface area contributed by atoms with Crippen molar-refractivity contribution in [1.29, 1.82) is 0 Å². The van der Waals surface area contributed by atoms with Crippen molar-refractivity contribution in [3.05, 3.63) is 0 Å². The number of unbranched alkanes of at least 4 members (excludes halogenated alkanes) is 1. The summed E-state index contributed by atoms with van der Waals surface area (Å²) in [5.41, 5.74) is 0. The quantitative estimate of drug-likeness (QED) is 0.619. The first-order chi connectivity index (χ1) is 5.22. The van der Waals surface area contributed by atoms with E-state index < -0.39 is 0 Å². The third kappa shape index (κ3) is 5.22. The molecule has 0 aliphatic carbocycles. The summed E-state index contributed by atoms with van der Waals surface area (Å²) in [7, 11) is 0. The number of aliphatic hydroxyl groups is 2. The van der Waals surface area contributed by atoms with Gasteiger partial charge in [0, 0.05) is 6.61 Å². The number of rotatable bonds is 6. The Morgan fingerprint density at radius 1 is 1.27 bits per heavy atom. The lowest BCUT2D eigenvalue weighted by molar-refractivity contribution is 0.0813. The topological polar surface area (TPSA) is 40.5 Å². The van der Waals surface area contributed by atoms with E-state index in [0.717, 1.165) is 6.42 Å².